The van der Waals surface area contributed by atoms with Crippen LogP contribution in [0.1, 0.15) is 48.8 Å². The molecule has 2 atom stereocenters. The van der Waals surface area contributed by atoms with Gasteiger partial charge in [-0.1, -0.05) is 0 Å². The zero-order valence-corrected chi connectivity index (χ0v) is 17.5. The molecule has 2 aliphatic heterocycles. The van der Waals surface area contributed by atoms with Crippen molar-refractivity contribution in [1.82, 2.24) is 19.7 Å². The van der Waals surface area contributed by atoms with Crippen LogP contribution in [-0.2, 0) is 25.4 Å². The molecule has 2 amide bonds. The number of carbonyl (C=O) groups excluding carboxylic acids is 1. The minimum atomic E-state index is -3.42. The molecule has 180 valence electrons. The van der Waals surface area contributed by atoms with Gasteiger partial charge in [0.1, 0.15) is 23.7 Å². The van der Waals surface area contributed by atoms with Crippen LogP contribution < -0.4 is 5.32 Å². The molecule has 7 nitrogen and oxygen atoms in total. The molecule has 4 heterocycles. The molecule has 0 aromatic carbocycles. The average molecular weight is 477 g/mol. The lowest BCUT2D eigenvalue weighted by Crippen LogP contribution is -2.45. The highest BCUT2D eigenvalue weighted by molar-refractivity contribution is 5.90. The Labute approximate surface area is 184 Å². The number of carbonyl (C=O) groups is 1. The third-order valence-electron chi connectivity index (χ3n) is 6.05. The van der Waals surface area contributed by atoms with Crippen molar-refractivity contribution in [2.24, 2.45) is 0 Å². The molecule has 13 heteroatoms. The Morgan fingerprint density at radius 3 is 2.76 bits per heavy atom. The van der Waals surface area contributed by atoms with E-state index in [0.717, 1.165) is 21.8 Å². The Morgan fingerprint density at radius 2 is 2.09 bits per heavy atom. The number of urea groups is 1. The van der Waals surface area contributed by atoms with E-state index in [1.165, 1.54) is 0 Å². The molecule has 0 radical (unpaired) electrons. The lowest BCUT2D eigenvalue weighted by atomic mass is 9.94. The van der Waals surface area contributed by atoms with Crippen molar-refractivity contribution in [3.63, 3.8) is 0 Å². The SMILES string of the molecule is C[C@@H]1Cc2nn3c(c2CN1C(=O)Nc1ccnc(C(F)F)c1F)C(F)(F)CC[C@@](O)(CF)C3. The van der Waals surface area contributed by atoms with E-state index >= 15 is 0 Å². The molecule has 2 aromatic rings. The van der Waals surface area contributed by atoms with Crippen molar-refractivity contribution in [2.45, 2.75) is 63.3 Å². The Balaban J connectivity index is 1.64. The van der Waals surface area contributed by atoms with Crippen LogP contribution in [0.15, 0.2) is 12.3 Å². The van der Waals surface area contributed by atoms with Crippen LogP contribution in [0.25, 0.3) is 0 Å². The number of hydrogen-bond donors (Lipinski definition) is 2. The van der Waals surface area contributed by atoms with Gasteiger partial charge in [-0.2, -0.15) is 13.9 Å². The first-order valence-corrected chi connectivity index (χ1v) is 10.2. The van der Waals surface area contributed by atoms with E-state index in [4.69, 9.17) is 0 Å². The van der Waals surface area contributed by atoms with Gasteiger partial charge < -0.3 is 15.3 Å². The van der Waals surface area contributed by atoms with Crippen LogP contribution in [0.2, 0.25) is 0 Å². The summed E-state index contributed by atoms with van der Waals surface area (Å²) in [4.78, 5) is 17.2. The Morgan fingerprint density at radius 1 is 1.36 bits per heavy atom. The van der Waals surface area contributed by atoms with Crippen LogP contribution in [0.4, 0.5) is 36.8 Å². The lowest BCUT2D eigenvalue weighted by molar-refractivity contribution is -0.0474. The van der Waals surface area contributed by atoms with Crippen molar-refractivity contribution in [3.05, 3.63) is 40.7 Å². The molecule has 4 rings (SSSR count). The molecule has 0 saturated carbocycles. The predicted octanol–water partition coefficient (Wildman–Crippen LogP) is 3.92. The van der Waals surface area contributed by atoms with Crippen molar-refractivity contribution in [3.8, 4) is 0 Å². The first-order valence-electron chi connectivity index (χ1n) is 10.2. The Kier molecular flexibility index (Phi) is 5.79. The van der Waals surface area contributed by atoms with E-state index in [9.17, 15) is 36.2 Å². The number of alkyl halides is 5. The molecular weight excluding hydrogens is 456 g/mol. The number of aliphatic hydroxyl groups is 1. The maximum Gasteiger partial charge on any atom is 0.322 e. The molecular formula is C20H21F6N5O2. The number of amides is 2. The third-order valence-corrected chi connectivity index (χ3v) is 6.05. The molecule has 33 heavy (non-hydrogen) atoms. The van der Waals surface area contributed by atoms with Crippen LogP contribution in [-0.4, -0.2) is 49.1 Å². The summed E-state index contributed by atoms with van der Waals surface area (Å²) in [6, 6.07) is -0.419. The lowest BCUT2D eigenvalue weighted by Gasteiger charge is -2.33. The Bertz CT molecular complexity index is 1080. The Hall–Kier alpha value is -2.83. The summed E-state index contributed by atoms with van der Waals surface area (Å²) < 4.78 is 84.2. The van der Waals surface area contributed by atoms with Gasteiger partial charge in [-0.05, 0) is 19.4 Å². The molecule has 2 aromatic heterocycles. The summed E-state index contributed by atoms with van der Waals surface area (Å²) in [5.74, 6) is -4.81. The van der Waals surface area contributed by atoms with Crippen LogP contribution in [0, 0.1) is 5.82 Å². The van der Waals surface area contributed by atoms with Gasteiger partial charge in [-0.3, -0.25) is 9.67 Å². The number of nitrogens with zero attached hydrogens (tertiary/aromatic N) is 4. The summed E-state index contributed by atoms with van der Waals surface area (Å²) >= 11 is 0. The summed E-state index contributed by atoms with van der Waals surface area (Å²) in [5, 5.41) is 16.7. The van der Waals surface area contributed by atoms with Gasteiger partial charge in [0.05, 0.1) is 24.5 Å². The van der Waals surface area contributed by atoms with Gasteiger partial charge in [-0.15, -0.1) is 0 Å². The van der Waals surface area contributed by atoms with E-state index in [2.05, 4.69) is 15.4 Å². The minimum absolute atomic E-state index is 0.0693. The van der Waals surface area contributed by atoms with E-state index in [0.29, 0.717) is 5.69 Å². The minimum Gasteiger partial charge on any atom is -0.385 e. The van der Waals surface area contributed by atoms with Crippen molar-refractivity contribution >= 4 is 11.7 Å². The highest BCUT2D eigenvalue weighted by atomic mass is 19.3. The van der Waals surface area contributed by atoms with Gasteiger partial charge in [-0.25, -0.2) is 22.4 Å². The zero-order valence-electron chi connectivity index (χ0n) is 17.5. The third kappa shape index (κ3) is 4.13. The van der Waals surface area contributed by atoms with Crippen LogP contribution >= 0.6 is 0 Å². The summed E-state index contributed by atoms with van der Waals surface area (Å²) in [7, 11) is 0. The van der Waals surface area contributed by atoms with Gasteiger partial charge in [0, 0.05) is 30.6 Å². The monoisotopic (exact) mass is 477 g/mol. The second-order valence-corrected chi connectivity index (χ2v) is 8.46. The van der Waals surface area contributed by atoms with Crippen molar-refractivity contribution in [2.75, 3.05) is 12.0 Å². The molecule has 0 fully saturated rings. The number of aromatic nitrogens is 3. The van der Waals surface area contributed by atoms with E-state index in [-0.39, 0.29) is 18.5 Å². The second kappa shape index (κ2) is 8.19. The first kappa shape index (κ1) is 23.3. The topological polar surface area (TPSA) is 83.3 Å². The smallest absolute Gasteiger partial charge is 0.322 e. The number of hydrogen-bond acceptors (Lipinski definition) is 4. The fourth-order valence-corrected chi connectivity index (χ4v) is 4.26. The van der Waals surface area contributed by atoms with Crippen molar-refractivity contribution in [1.29, 1.82) is 0 Å². The normalized spacial score (nSPS) is 24.3. The summed E-state index contributed by atoms with van der Waals surface area (Å²) in [5.41, 5.74) is -3.76. The molecule has 2 aliphatic rings. The summed E-state index contributed by atoms with van der Waals surface area (Å²) in [6.07, 6.45) is -3.46. The molecule has 0 bridgehead atoms. The van der Waals surface area contributed by atoms with E-state index < -0.39 is 79.0 Å². The average Bonchev–Trinajstić information content (AvgIpc) is 3.05. The van der Waals surface area contributed by atoms with Gasteiger partial charge in [0.25, 0.3) is 12.3 Å². The number of fused-ring (bicyclic) bond motifs is 3. The van der Waals surface area contributed by atoms with Crippen molar-refractivity contribution < 1.29 is 36.2 Å². The summed E-state index contributed by atoms with van der Waals surface area (Å²) in [6.45, 7) is -0.358. The standard InChI is InChI=1S/C20H21F6N5O2/c1-10-6-13-11(16-20(25,26)4-3-19(33,8-21)9-31(16)29-13)7-30(10)18(32)28-12-2-5-27-15(14(12)22)17(23)24/h2,5,10,17,33H,3-4,6-9H2,1H3,(H,27,28,32)/t10-,19-/m1/s1. The van der Waals surface area contributed by atoms with Crippen LogP contribution in [0.3, 0.4) is 0 Å². The molecule has 2 N–H and O–H groups in total. The molecule has 0 unspecified atom stereocenters. The van der Waals surface area contributed by atoms with Gasteiger partial charge in [0.2, 0.25) is 0 Å². The van der Waals surface area contributed by atoms with Gasteiger partial charge >= 0.3 is 6.03 Å². The van der Waals surface area contributed by atoms with E-state index in [1.807, 2.05) is 0 Å². The number of anilines is 1. The number of nitrogens with one attached hydrogen (secondary N) is 1. The zero-order chi connectivity index (χ0) is 24.1. The number of halogens is 6. The fourth-order valence-electron chi connectivity index (χ4n) is 4.26. The predicted molar refractivity (Wildman–Crippen MR) is 103 cm³/mol. The molecule has 0 aliphatic carbocycles. The highest BCUT2D eigenvalue weighted by Crippen LogP contribution is 2.43. The van der Waals surface area contributed by atoms with Crippen LogP contribution in [0.5, 0.6) is 0 Å². The van der Waals surface area contributed by atoms with E-state index in [1.54, 1.807) is 6.92 Å². The largest absolute Gasteiger partial charge is 0.385 e. The number of pyridine rings is 1. The molecule has 0 saturated heterocycles. The quantitative estimate of drug-likeness (QED) is 0.657. The second-order valence-electron chi connectivity index (χ2n) is 8.46. The molecule has 0 spiro atoms. The maximum absolute atomic E-state index is 15.0. The maximum atomic E-state index is 15.0. The van der Waals surface area contributed by atoms with Gasteiger partial charge in [0.15, 0.2) is 5.82 Å². The fraction of sp³-hybridized carbons (Fsp3) is 0.550. The first-order chi connectivity index (χ1) is 15.5. The highest BCUT2D eigenvalue weighted by Gasteiger charge is 2.48. The number of rotatable bonds is 3.